The maximum absolute atomic E-state index is 12.4. The van der Waals surface area contributed by atoms with E-state index in [-0.39, 0.29) is 0 Å². The van der Waals surface area contributed by atoms with E-state index in [0.29, 0.717) is 17.5 Å². The maximum Gasteiger partial charge on any atom is 0.363 e. The zero-order valence-electron chi connectivity index (χ0n) is 21.8. The Balaban J connectivity index is 1.37. The van der Waals surface area contributed by atoms with Crippen molar-refractivity contribution in [3.05, 3.63) is 101 Å². The third-order valence-electron chi connectivity index (χ3n) is 6.77. The average molecular weight is 480 g/mol. The van der Waals surface area contributed by atoms with Crippen LogP contribution in [0.1, 0.15) is 87.5 Å². The molecule has 0 saturated carbocycles. The van der Waals surface area contributed by atoms with E-state index < -0.39 is 5.97 Å². The summed E-state index contributed by atoms with van der Waals surface area (Å²) in [7, 11) is 0. The monoisotopic (exact) mass is 479 g/mol. The van der Waals surface area contributed by atoms with Gasteiger partial charge in [0, 0.05) is 5.56 Å². The van der Waals surface area contributed by atoms with Crippen molar-refractivity contribution in [3.63, 3.8) is 0 Å². The quantitative estimate of drug-likeness (QED) is 0.157. The lowest BCUT2D eigenvalue weighted by atomic mass is 10.00. The standard InChI is InChI=1S/C33H37NO2/c1-4-5-6-7-8-9-10-25-11-17-28(18-12-25)29-19-21-30(22-20-29)32-34-31(33(35)36-32)23-26-13-15-27(16-14-26)24(2)3/h11-24H,4-10H2,1-3H3/b31-23-. The topological polar surface area (TPSA) is 38.7 Å². The molecule has 1 heterocycles. The second kappa shape index (κ2) is 12.5. The van der Waals surface area contributed by atoms with Crippen LogP contribution in [-0.4, -0.2) is 11.9 Å². The first-order valence-corrected chi connectivity index (χ1v) is 13.4. The highest BCUT2D eigenvalue weighted by Crippen LogP contribution is 2.24. The maximum atomic E-state index is 12.4. The zero-order chi connectivity index (χ0) is 25.3. The van der Waals surface area contributed by atoms with Crippen LogP contribution in [0.5, 0.6) is 0 Å². The van der Waals surface area contributed by atoms with E-state index in [4.69, 9.17) is 4.74 Å². The van der Waals surface area contributed by atoms with Crippen molar-refractivity contribution in [2.75, 3.05) is 0 Å². The highest BCUT2D eigenvalue weighted by atomic mass is 16.6. The Labute approximate surface area is 215 Å². The fraction of sp³-hybridized carbons (Fsp3) is 0.333. The lowest BCUT2D eigenvalue weighted by molar-refractivity contribution is -0.129. The summed E-state index contributed by atoms with van der Waals surface area (Å²) in [6.45, 7) is 6.58. The molecule has 1 aliphatic rings. The largest absolute Gasteiger partial charge is 0.402 e. The van der Waals surface area contributed by atoms with Crippen LogP contribution in [0, 0.1) is 0 Å². The first-order valence-electron chi connectivity index (χ1n) is 13.4. The van der Waals surface area contributed by atoms with Crippen LogP contribution < -0.4 is 0 Å². The molecule has 1 aliphatic heterocycles. The predicted octanol–water partition coefficient (Wildman–Crippen LogP) is 8.72. The van der Waals surface area contributed by atoms with Gasteiger partial charge in [0.1, 0.15) is 0 Å². The molecule has 0 amide bonds. The number of aryl methyl sites for hydroxylation is 1. The van der Waals surface area contributed by atoms with Gasteiger partial charge in [0.15, 0.2) is 5.70 Å². The van der Waals surface area contributed by atoms with E-state index in [1.54, 1.807) is 6.08 Å². The fourth-order valence-electron chi connectivity index (χ4n) is 4.45. The first-order chi connectivity index (χ1) is 17.5. The molecule has 36 heavy (non-hydrogen) atoms. The normalized spacial score (nSPS) is 14.4. The minimum Gasteiger partial charge on any atom is -0.402 e. The molecule has 0 fully saturated rings. The van der Waals surface area contributed by atoms with Crippen molar-refractivity contribution in [2.24, 2.45) is 4.99 Å². The Kier molecular flexibility index (Phi) is 8.89. The first kappa shape index (κ1) is 25.6. The minimum atomic E-state index is -0.414. The summed E-state index contributed by atoms with van der Waals surface area (Å²) in [6, 6.07) is 25.1. The molecule has 0 aliphatic carbocycles. The highest BCUT2D eigenvalue weighted by molar-refractivity contribution is 6.12. The van der Waals surface area contributed by atoms with Crippen molar-refractivity contribution >= 4 is 17.9 Å². The Morgan fingerprint density at radius 2 is 1.33 bits per heavy atom. The molecular formula is C33H37NO2. The van der Waals surface area contributed by atoms with Crippen LogP contribution in [-0.2, 0) is 16.0 Å². The molecule has 0 bridgehead atoms. The summed E-state index contributed by atoms with van der Waals surface area (Å²) < 4.78 is 5.47. The zero-order valence-corrected chi connectivity index (χ0v) is 21.8. The van der Waals surface area contributed by atoms with Gasteiger partial charge in [-0.25, -0.2) is 9.79 Å². The Hall–Kier alpha value is -3.46. The summed E-state index contributed by atoms with van der Waals surface area (Å²) in [5, 5.41) is 0. The van der Waals surface area contributed by atoms with Gasteiger partial charge >= 0.3 is 5.97 Å². The number of nitrogens with zero attached hydrogens (tertiary/aromatic N) is 1. The number of hydrogen-bond acceptors (Lipinski definition) is 3. The number of rotatable bonds is 11. The summed E-state index contributed by atoms with van der Waals surface area (Å²) in [6.07, 6.45) is 10.9. The van der Waals surface area contributed by atoms with Gasteiger partial charge < -0.3 is 4.74 Å². The van der Waals surface area contributed by atoms with Crippen LogP contribution in [0.2, 0.25) is 0 Å². The van der Waals surface area contributed by atoms with Crippen LogP contribution >= 0.6 is 0 Å². The number of carbonyl (C=O) groups is 1. The van der Waals surface area contributed by atoms with Gasteiger partial charge in [-0.2, -0.15) is 0 Å². The van der Waals surface area contributed by atoms with Crippen LogP contribution in [0.4, 0.5) is 0 Å². The molecule has 0 saturated heterocycles. The Morgan fingerprint density at radius 3 is 1.97 bits per heavy atom. The van der Waals surface area contributed by atoms with E-state index in [1.807, 2.05) is 24.3 Å². The number of benzene rings is 3. The number of hydrogen-bond donors (Lipinski definition) is 0. The molecule has 3 heteroatoms. The molecule has 0 aromatic heterocycles. The number of cyclic esters (lactones) is 1. The third kappa shape index (κ3) is 6.81. The van der Waals surface area contributed by atoms with Gasteiger partial charge in [0.2, 0.25) is 5.90 Å². The molecule has 4 rings (SSSR count). The molecule has 186 valence electrons. The van der Waals surface area contributed by atoms with Crippen molar-refractivity contribution in [3.8, 4) is 11.1 Å². The molecule has 3 aromatic carbocycles. The fourth-order valence-corrected chi connectivity index (χ4v) is 4.45. The summed E-state index contributed by atoms with van der Waals surface area (Å²) in [5.41, 5.74) is 7.04. The third-order valence-corrected chi connectivity index (χ3v) is 6.77. The number of unbranched alkanes of at least 4 members (excludes halogenated alkanes) is 5. The van der Waals surface area contributed by atoms with Crippen LogP contribution in [0.3, 0.4) is 0 Å². The van der Waals surface area contributed by atoms with Crippen molar-refractivity contribution in [1.82, 2.24) is 0 Å². The van der Waals surface area contributed by atoms with Gasteiger partial charge in [-0.05, 0) is 64.8 Å². The number of carbonyl (C=O) groups excluding carboxylic acids is 1. The molecule has 0 spiro atoms. The molecule has 3 nitrogen and oxygen atoms in total. The summed E-state index contributed by atoms with van der Waals surface area (Å²) >= 11 is 0. The van der Waals surface area contributed by atoms with Crippen molar-refractivity contribution in [1.29, 1.82) is 0 Å². The van der Waals surface area contributed by atoms with Gasteiger partial charge in [-0.1, -0.05) is 114 Å². The van der Waals surface area contributed by atoms with Crippen molar-refractivity contribution in [2.45, 2.75) is 71.6 Å². The Morgan fingerprint density at radius 1 is 0.750 bits per heavy atom. The smallest absolute Gasteiger partial charge is 0.363 e. The SMILES string of the molecule is CCCCCCCCc1ccc(-c2ccc(C3=N/C(=C\c4ccc(C(C)C)cc4)C(=O)O3)cc2)cc1. The van der Waals surface area contributed by atoms with E-state index >= 15 is 0 Å². The lowest BCUT2D eigenvalue weighted by Gasteiger charge is -2.06. The second-order valence-corrected chi connectivity index (χ2v) is 9.95. The molecule has 0 N–H and O–H groups in total. The average Bonchev–Trinajstić information content (AvgIpc) is 3.27. The minimum absolute atomic E-state index is 0.326. The highest BCUT2D eigenvalue weighted by Gasteiger charge is 2.24. The van der Waals surface area contributed by atoms with Gasteiger partial charge in [-0.3, -0.25) is 0 Å². The molecule has 0 unspecified atom stereocenters. The number of esters is 1. The molecule has 0 radical (unpaired) electrons. The Bertz CT molecular complexity index is 1200. The van der Waals surface area contributed by atoms with E-state index in [2.05, 4.69) is 74.3 Å². The molecule has 3 aromatic rings. The van der Waals surface area contributed by atoms with Crippen LogP contribution in [0.15, 0.2) is 83.5 Å². The van der Waals surface area contributed by atoms with E-state index in [9.17, 15) is 4.79 Å². The summed E-state index contributed by atoms with van der Waals surface area (Å²) in [5.74, 6) is 0.410. The van der Waals surface area contributed by atoms with Gasteiger partial charge in [0.25, 0.3) is 0 Å². The molecule has 0 atom stereocenters. The summed E-state index contributed by atoms with van der Waals surface area (Å²) in [4.78, 5) is 16.9. The number of aliphatic imine (C=N–C) groups is 1. The lowest BCUT2D eigenvalue weighted by Crippen LogP contribution is -2.05. The van der Waals surface area contributed by atoms with E-state index in [0.717, 1.165) is 23.1 Å². The molecular weight excluding hydrogens is 442 g/mol. The number of ether oxygens (including phenoxy) is 1. The predicted molar refractivity (Wildman–Crippen MR) is 150 cm³/mol. The second-order valence-electron chi connectivity index (χ2n) is 9.95. The van der Waals surface area contributed by atoms with E-state index in [1.165, 1.54) is 55.2 Å². The van der Waals surface area contributed by atoms with Gasteiger partial charge in [-0.15, -0.1) is 0 Å². The van der Waals surface area contributed by atoms with Gasteiger partial charge in [0.05, 0.1) is 0 Å². The van der Waals surface area contributed by atoms with Crippen molar-refractivity contribution < 1.29 is 9.53 Å². The van der Waals surface area contributed by atoms with Crippen LogP contribution in [0.25, 0.3) is 17.2 Å².